The van der Waals surface area contributed by atoms with Gasteiger partial charge in [-0.15, -0.1) is 0 Å². The van der Waals surface area contributed by atoms with Gasteiger partial charge in [-0.2, -0.15) is 0 Å². The smallest absolute Gasteiger partial charge is 0.257 e. The van der Waals surface area contributed by atoms with Crippen molar-refractivity contribution in [3.8, 4) is 11.1 Å². The molecule has 30 heavy (non-hydrogen) atoms. The van der Waals surface area contributed by atoms with Crippen molar-refractivity contribution in [2.75, 3.05) is 5.32 Å². The van der Waals surface area contributed by atoms with Gasteiger partial charge in [0.1, 0.15) is 0 Å². The molecule has 0 radical (unpaired) electrons. The van der Waals surface area contributed by atoms with E-state index in [4.69, 9.17) is 39.6 Å². The predicted octanol–water partition coefficient (Wildman–Crippen LogP) is 6.01. The SMILES string of the molecule is O=C(Nc1cccc(C2CC(c3c(Cl)cccc3-c3ccncc3)=NO2)c1)C(Cl)Cl. The summed E-state index contributed by atoms with van der Waals surface area (Å²) >= 11 is 17.8. The van der Waals surface area contributed by atoms with Crippen LogP contribution in [0.2, 0.25) is 5.02 Å². The van der Waals surface area contributed by atoms with Crippen molar-refractivity contribution in [1.29, 1.82) is 0 Å². The summed E-state index contributed by atoms with van der Waals surface area (Å²) in [5.41, 5.74) is 5.00. The largest absolute Gasteiger partial charge is 0.387 e. The summed E-state index contributed by atoms with van der Waals surface area (Å²) in [6.45, 7) is 0. The van der Waals surface area contributed by atoms with E-state index in [9.17, 15) is 4.79 Å². The van der Waals surface area contributed by atoms with Gasteiger partial charge in [-0.1, -0.05) is 64.2 Å². The molecule has 0 saturated heterocycles. The maximum absolute atomic E-state index is 11.7. The molecule has 152 valence electrons. The number of hydrogen-bond donors (Lipinski definition) is 1. The van der Waals surface area contributed by atoms with Crippen LogP contribution < -0.4 is 5.32 Å². The first-order chi connectivity index (χ1) is 14.5. The van der Waals surface area contributed by atoms with Crippen LogP contribution in [0.25, 0.3) is 11.1 Å². The van der Waals surface area contributed by atoms with Gasteiger partial charge in [-0.05, 0) is 47.0 Å². The first-order valence-corrected chi connectivity index (χ1v) is 10.4. The van der Waals surface area contributed by atoms with E-state index in [0.717, 1.165) is 28.0 Å². The molecule has 0 aliphatic carbocycles. The van der Waals surface area contributed by atoms with Crippen molar-refractivity contribution in [3.05, 3.63) is 83.1 Å². The number of benzene rings is 2. The first-order valence-electron chi connectivity index (χ1n) is 9.14. The van der Waals surface area contributed by atoms with Gasteiger partial charge in [0.25, 0.3) is 5.91 Å². The Bertz CT molecular complexity index is 1100. The number of aromatic nitrogens is 1. The van der Waals surface area contributed by atoms with Crippen LogP contribution in [0, 0.1) is 0 Å². The van der Waals surface area contributed by atoms with Crippen LogP contribution in [0.1, 0.15) is 23.7 Å². The third-order valence-electron chi connectivity index (χ3n) is 4.69. The van der Waals surface area contributed by atoms with Gasteiger partial charge in [0, 0.05) is 30.1 Å². The fraction of sp³-hybridized carbons (Fsp3) is 0.136. The predicted molar refractivity (Wildman–Crippen MR) is 120 cm³/mol. The zero-order valence-corrected chi connectivity index (χ0v) is 17.8. The number of alkyl halides is 2. The van der Waals surface area contributed by atoms with Crippen LogP contribution in [0.3, 0.4) is 0 Å². The molecule has 8 heteroatoms. The molecule has 2 heterocycles. The third kappa shape index (κ3) is 4.43. The molecule has 1 atom stereocenters. The Hall–Kier alpha value is -2.60. The molecule has 0 spiro atoms. The normalized spacial score (nSPS) is 15.6. The maximum atomic E-state index is 11.7. The number of carbonyl (C=O) groups excluding carboxylic acids is 1. The second-order valence-corrected chi connectivity index (χ2v) is 8.15. The lowest BCUT2D eigenvalue weighted by Gasteiger charge is -2.13. The molecule has 1 aliphatic rings. The first kappa shape index (κ1) is 20.7. The molecule has 0 bridgehead atoms. The fourth-order valence-electron chi connectivity index (χ4n) is 3.31. The lowest BCUT2D eigenvalue weighted by molar-refractivity contribution is -0.114. The summed E-state index contributed by atoms with van der Waals surface area (Å²) in [6, 6.07) is 16.9. The van der Waals surface area contributed by atoms with Crippen LogP contribution >= 0.6 is 34.8 Å². The number of carbonyl (C=O) groups is 1. The Labute approximate surface area is 188 Å². The van der Waals surface area contributed by atoms with Gasteiger partial charge in [0.15, 0.2) is 10.9 Å². The summed E-state index contributed by atoms with van der Waals surface area (Å²) in [7, 11) is 0. The van der Waals surface area contributed by atoms with Crippen molar-refractivity contribution in [2.24, 2.45) is 5.16 Å². The van der Waals surface area contributed by atoms with Crippen molar-refractivity contribution in [3.63, 3.8) is 0 Å². The molecule has 2 aromatic carbocycles. The van der Waals surface area contributed by atoms with Crippen molar-refractivity contribution in [2.45, 2.75) is 17.4 Å². The number of amides is 1. The summed E-state index contributed by atoms with van der Waals surface area (Å²) in [5, 5.41) is 7.58. The minimum atomic E-state index is -1.14. The maximum Gasteiger partial charge on any atom is 0.257 e. The third-order valence-corrected chi connectivity index (χ3v) is 5.40. The average Bonchev–Trinajstić information content (AvgIpc) is 3.24. The van der Waals surface area contributed by atoms with Crippen LogP contribution in [0.15, 0.2) is 72.1 Å². The van der Waals surface area contributed by atoms with Gasteiger partial charge in [-0.25, -0.2) is 0 Å². The molecule has 3 aromatic rings. The summed E-state index contributed by atoms with van der Waals surface area (Å²) in [4.78, 5) is 20.4. The minimum absolute atomic E-state index is 0.304. The molecule has 0 saturated carbocycles. The number of pyridine rings is 1. The molecule has 1 aromatic heterocycles. The van der Waals surface area contributed by atoms with Gasteiger partial charge in [-0.3, -0.25) is 9.78 Å². The lowest BCUT2D eigenvalue weighted by Crippen LogP contribution is -2.18. The van der Waals surface area contributed by atoms with E-state index < -0.39 is 10.7 Å². The number of nitrogens with zero attached hydrogens (tertiary/aromatic N) is 2. The number of hydrogen-bond acceptors (Lipinski definition) is 4. The van der Waals surface area contributed by atoms with E-state index in [0.29, 0.717) is 17.1 Å². The molecule has 5 nitrogen and oxygen atoms in total. The Balaban J connectivity index is 1.58. The number of anilines is 1. The number of nitrogens with one attached hydrogen (secondary N) is 1. The highest BCUT2D eigenvalue weighted by molar-refractivity contribution is 6.54. The quantitative estimate of drug-likeness (QED) is 0.474. The van der Waals surface area contributed by atoms with Crippen molar-refractivity contribution in [1.82, 2.24) is 4.98 Å². The zero-order valence-electron chi connectivity index (χ0n) is 15.6. The fourth-order valence-corrected chi connectivity index (χ4v) is 3.70. The highest BCUT2D eigenvalue weighted by Crippen LogP contribution is 2.36. The Morgan fingerprint density at radius 3 is 2.63 bits per heavy atom. The molecular formula is C22H16Cl3N3O2. The van der Waals surface area contributed by atoms with Crippen molar-refractivity contribution >= 4 is 52.1 Å². The topological polar surface area (TPSA) is 63.6 Å². The summed E-state index contributed by atoms with van der Waals surface area (Å²) < 4.78 is 0. The average molecular weight is 461 g/mol. The molecular weight excluding hydrogens is 445 g/mol. The van der Waals surface area contributed by atoms with E-state index in [1.54, 1.807) is 18.5 Å². The molecule has 1 N–H and O–H groups in total. The van der Waals surface area contributed by atoms with Crippen molar-refractivity contribution < 1.29 is 9.63 Å². The van der Waals surface area contributed by atoms with Gasteiger partial charge in [0.2, 0.25) is 0 Å². The van der Waals surface area contributed by atoms with Crippen LogP contribution in [-0.4, -0.2) is 21.4 Å². The zero-order chi connectivity index (χ0) is 21.1. The second kappa shape index (κ2) is 9.04. The Morgan fingerprint density at radius 2 is 1.87 bits per heavy atom. The van der Waals surface area contributed by atoms with E-state index >= 15 is 0 Å². The van der Waals surface area contributed by atoms with E-state index in [1.807, 2.05) is 48.5 Å². The van der Waals surface area contributed by atoms with Crippen LogP contribution in [0.5, 0.6) is 0 Å². The van der Waals surface area contributed by atoms with E-state index in [2.05, 4.69) is 15.5 Å². The molecule has 1 unspecified atom stereocenters. The highest BCUT2D eigenvalue weighted by Gasteiger charge is 2.27. The number of rotatable bonds is 5. The Morgan fingerprint density at radius 1 is 1.10 bits per heavy atom. The Kier molecular flexibility index (Phi) is 6.23. The summed E-state index contributed by atoms with van der Waals surface area (Å²) in [5.74, 6) is -0.488. The molecule has 4 rings (SSSR count). The molecule has 1 amide bonds. The number of oxime groups is 1. The highest BCUT2D eigenvalue weighted by atomic mass is 35.5. The lowest BCUT2D eigenvalue weighted by atomic mass is 9.93. The summed E-state index contributed by atoms with van der Waals surface area (Å²) in [6.07, 6.45) is 3.71. The molecule has 0 fully saturated rings. The van der Waals surface area contributed by atoms with E-state index in [-0.39, 0.29) is 6.10 Å². The standard InChI is InChI=1S/C22H16Cl3N3O2/c23-17-6-2-5-16(13-7-9-26-10-8-13)20(17)18-12-19(30-28-18)14-3-1-4-15(11-14)27-22(29)21(24)25/h1-11,19,21H,12H2,(H,27,29). The van der Waals surface area contributed by atoms with Gasteiger partial charge < -0.3 is 10.2 Å². The monoisotopic (exact) mass is 459 g/mol. The van der Waals surface area contributed by atoms with Crippen LogP contribution in [0.4, 0.5) is 5.69 Å². The number of halogens is 3. The molecule has 1 aliphatic heterocycles. The van der Waals surface area contributed by atoms with Gasteiger partial charge >= 0.3 is 0 Å². The van der Waals surface area contributed by atoms with Crippen LogP contribution in [-0.2, 0) is 9.63 Å². The second-order valence-electron chi connectivity index (χ2n) is 6.65. The van der Waals surface area contributed by atoms with E-state index in [1.165, 1.54) is 0 Å². The minimum Gasteiger partial charge on any atom is -0.387 e. The van der Waals surface area contributed by atoms with Gasteiger partial charge in [0.05, 0.1) is 10.7 Å².